The Labute approximate surface area is 99.5 Å². The smallest absolute Gasteiger partial charge is 0.252 e. The first-order valence-corrected chi connectivity index (χ1v) is 6.04. The second-order valence-corrected chi connectivity index (χ2v) is 4.35. The van der Waals surface area contributed by atoms with Crippen molar-refractivity contribution in [1.29, 1.82) is 0 Å². The van der Waals surface area contributed by atoms with E-state index in [1.807, 2.05) is 13.8 Å². The summed E-state index contributed by atoms with van der Waals surface area (Å²) in [6, 6.07) is 1.92. The van der Waals surface area contributed by atoms with Crippen molar-refractivity contribution >= 4 is 17.2 Å². The van der Waals surface area contributed by atoms with Gasteiger partial charge < -0.3 is 10.4 Å². The van der Waals surface area contributed by atoms with E-state index >= 15 is 0 Å². The summed E-state index contributed by atoms with van der Waals surface area (Å²) in [5.74, 6) is 5.26. The molecule has 0 aliphatic rings. The Kier molecular flexibility index (Phi) is 5.03. The quantitative estimate of drug-likeness (QED) is 0.785. The molecule has 86 valence electrons. The average molecular weight is 237 g/mol. The van der Waals surface area contributed by atoms with E-state index in [0.29, 0.717) is 5.56 Å². The standard InChI is InChI=1S/C12H15NO2S/c1-3-9(2)13-12(15)10-7-11(16-8-10)5-4-6-14/h7-9,14H,3,6H2,1-2H3,(H,13,15). The van der Waals surface area contributed by atoms with Crippen molar-refractivity contribution in [2.45, 2.75) is 26.3 Å². The third kappa shape index (κ3) is 3.69. The third-order valence-electron chi connectivity index (χ3n) is 2.14. The molecule has 2 N–H and O–H groups in total. The van der Waals surface area contributed by atoms with E-state index < -0.39 is 0 Å². The highest BCUT2D eigenvalue weighted by Crippen LogP contribution is 2.13. The van der Waals surface area contributed by atoms with Crippen molar-refractivity contribution in [3.63, 3.8) is 0 Å². The fourth-order valence-corrected chi connectivity index (χ4v) is 1.81. The summed E-state index contributed by atoms with van der Waals surface area (Å²) in [5, 5.41) is 13.2. The zero-order valence-electron chi connectivity index (χ0n) is 9.41. The van der Waals surface area contributed by atoms with Crippen molar-refractivity contribution < 1.29 is 9.90 Å². The van der Waals surface area contributed by atoms with Crippen LogP contribution in [0, 0.1) is 11.8 Å². The SMILES string of the molecule is CCC(C)NC(=O)c1csc(C#CCO)c1. The molecule has 1 amide bonds. The van der Waals surface area contributed by atoms with E-state index in [-0.39, 0.29) is 18.6 Å². The number of carbonyl (C=O) groups is 1. The van der Waals surface area contributed by atoms with Gasteiger partial charge in [0.15, 0.2) is 0 Å². The highest BCUT2D eigenvalue weighted by Gasteiger charge is 2.09. The summed E-state index contributed by atoms with van der Waals surface area (Å²) in [4.78, 5) is 12.5. The van der Waals surface area contributed by atoms with Crippen molar-refractivity contribution in [1.82, 2.24) is 5.32 Å². The lowest BCUT2D eigenvalue weighted by atomic mass is 10.2. The van der Waals surface area contributed by atoms with Crippen LogP contribution < -0.4 is 5.32 Å². The summed E-state index contributed by atoms with van der Waals surface area (Å²) in [7, 11) is 0. The van der Waals surface area contributed by atoms with E-state index in [2.05, 4.69) is 17.2 Å². The number of amides is 1. The molecule has 0 spiro atoms. The van der Waals surface area contributed by atoms with Crippen LogP contribution >= 0.6 is 11.3 Å². The van der Waals surface area contributed by atoms with Gasteiger partial charge in [0, 0.05) is 11.4 Å². The number of rotatable bonds is 3. The molecular weight excluding hydrogens is 222 g/mol. The minimum Gasteiger partial charge on any atom is -0.384 e. The molecule has 1 rings (SSSR count). The Morgan fingerprint density at radius 3 is 3.06 bits per heavy atom. The summed E-state index contributed by atoms with van der Waals surface area (Å²) < 4.78 is 0. The van der Waals surface area contributed by atoms with Gasteiger partial charge >= 0.3 is 0 Å². The van der Waals surface area contributed by atoms with Crippen LogP contribution in [0.3, 0.4) is 0 Å². The van der Waals surface area contributed by atoms with E-state index in [4.69, 9.17) is 5.11 Å². The maximum Gasteiger partial charge on any atom is 0.252 e. The van der Waals surface area contributed by atoms with E-state index in [9.17, 15) is 4.79 Å². The molecule has 0 bridgehead atoms. The molecule has 0 aliphatic carbocycles. The second-order valence-electron chi connectivity index (χ2n) is 3.44. The summed E-state index contributed by atoms with van der Waals surface area (Å²) in [6.45, 7) is 3.83. The van der Waals surface area contributed by atoms with Gasteiger partial charge in [-0.15, -0.1) is 11.3 Å². The molecule has 0 fully saturated rings. The van der Waals surface area contributed by atoms with Gasteiger partial charge in [0.25, 0.3) is 5.91 Å². The predicted molar refractivity (Wildman–Crippen MR) is 65.5 cm³/mol. The van der Waals surface area contributed by atoms with Crippen LogP contribution in [0.5, 0.6) is 0 Å². The third-order valence-corrected chi connectivity index (χ3v) is 2.99. The lowest BCUT2D eigenvalue weighted by Crippen LogP contribution is -2.31. The normalized spacial score (nSPS) is 11.4. The fourth-order valence-electron chi connectivity index (χ4n) is 1.06. The van der Waals surface area contributed by atoms with Gasteiger partial charge in [0.05, 0.1) is 10.4 Å². The van der Waals surface area contributed by atoms with Crippen LogP contribution in [0.15, 0.2) is 11.4 Å². The van der Waals surface area contributed by atoms with Crippen molar-refractivity contribution in [3.8, 4) is 11.8 Å². The molecule has 0 aromatic carbocycles. The van der Waals surface area contributed by atoms with Gasteiger partial charge in [0.2, 0.25) is 0 Å². The second kappa shape index (κ2) is 6.31. The van der Waals surface area contributed by atoms with E-state index in [0.717, 1.165) is 11.3 Å². The Morgan fingerprint density at radius 2 is 2.44 bits per heavy atom. The highest BCUT2D eigenvalue weighted by molar-refractivity contribution is 7.10. The zero-order chi connectivity index (χ0) is 12.0. The molecule has 16 heavy (non-hydrogen) atoms. The molecule has 1 heterocycles. The van der Waals surface area contributed by atoms with Crippen LogP contribution in [-0.4, -0.2) is 23.7 Å². The number of aliphatic hydroxyl groups is 1. The molecule has 0 saturated carbocycles. The Morgan fingerprint density at radius 1 is 1.69 bits per heavy atom. The Balaban J connectivity index is 2.67. The van der Waals surface area contributed by atoms with Gasteiger partial charge in [-0.1, -0.05) is 18.8 Å². The molecule has 0 saturated heterocycles. The molecular formula is C12H15NO2S. The number of hydrogen-bond donors (Lipinski definition) is 2. The van der Waals surface area contributed by atoms with Gasteiger partial charge in [0.1, 0.15) is 6.61 Å². The molecule has 0 aliphatic heterocycles. The van der Waals surface area contributed by atoms with Crippen LogP contribution in [0.1, 0.15) is 35.5 Å². The van der Waals surface area contributed by atoms with Gasteiger partial charge in [-0.3, -0.25) is 4.79 Å². The zero-order valence-corrected chi connectivity index (χ0v) is 10.2. The maximum atomic E-state index is 11.7. The highest BCUT2D eigenvalue weighted by atomic mass is 32.1. The molecule has 0 radical (unpaired) electrons. The minimum atomic E-state index is -0.160. The fraction of sp³-hybridized carbons (Fsp3) is 0.417. The van der Waals surface area contributed by atoms with E-state index in [1.54, 1.807) is 11.4 Å². The minimum absolute atomic E-state index is 0.0670. The number of carbonyl (C=O) groups excluding carboxylic acids is 1. The Bertz CT molecular complexity index is 414. The van der Waals surface area contributed by atoms with E-state index in [1.165, 1.54) is 11.3 Å². The molecule has 4 heteroatoms. The maximum absolute atomic E-state index is 11.7. The average Bonchev–Trinajstić information content (AvgIpc) is 2.74. The lowest BCUT2D eigenvalue weighted by Gasteiger charge is -2.09. The summed E-state index contributed by atoms with van der Waals surface area (Å²) >= 11 is 1.41. The van der Waals surface area contributed by atoms with Crippen LogP contribution in [0.4, 0.5) is 0 Å². The van der Waals surface area contributed by atoms with Crippen molar-refractivity contribution in [2.24, 2.45) is 0 Å². The molecule has 1 aromatic rings. The van der Waals surface area contributed by atoms with Crippen molar-refractivity contribution in [3.05, 3.63) is 21.9 Å². The number of hydrogen-bond acceptors (Lipinski definition) is 3. The van der Waals surface area contributed by atoms with Gasteiger partial charge in [-0.05, 0) is 19.4 Å². The van der Waals surface area contributed by atoms with Crippen LogP contribution in [0.2, 0.25) is 0 Å². The number of nitrogens with one attached hydrogen (secondary N) is 1. The van der Waals surface area contributed by atoms with Crippen LogP contribution in [-0.2, 0) is 0 Å². The molecule has 3 nitrogen and oxygen atoms in total. The molecule has 1 unspecified atom stereocenters. The first-order chi connectivity index (χ1) is 7.67. The monoisotopic (exact) mass is 237 g/mol. The van der Waals surface area contributed by atoms with Gasteiger partial charge in [-0.25, -0.2) is 0 Å². The number of thiophene rings is 1. The molecule has 1 aromatic heterocycles. The first-order valence-electron chi connectivity index (χ1n) is 5.16. The molecule has 1 atom stereocenters. The van der Waals surface area contributed by atoms with Gasteiger partial charge in [-0.2, -0.15) is 0 Å². The number of aliphatic hydroxyl groups excluding tert-OH is 1. The predicted octanol–water partition coefficient (Wildman–Crippen LogP) is 1.62. The summed E-state index contributed by atoms with van der Waals surface area (Å²) in [6.07, 6.45) is 0.910. The first kappa shape index (κ1) is 12.8. The lowest BCUT2D eigenvalue weighted by molar-refractivity contribution is 0.0939. The summed E-state index contributed by atoms with van der Waals surface area (Å²) in [5.41, 5.74) is 0.632. The van der Waals surface area contributed by atoms with Crippen molar-refractivity contribution in [2.75, 3.05) is 6.61 Å². The largest absolute Gasteiger partial charge is 0.384 e. The Hall–Kier alpha value is -1.31. The van der Waals surface area contributed by atoms with Crippen LogP contribution in [0.25, 0.3) is 0 Å². The topological polar surface area (TPSA) is 49.3 Å².